The van der Waals surface area contributed by atoms with Crippen LogP contribution in [0.15, 0.2) is 0 Å². The fraction of sp³-hybridized carbons (Fsp3) is 0.833. The number of hydrogen-bond acceptors (Lipinski definition) is 4. The van der Waals surface area contributed by atoms with Crippen LogP contribution in [-0.4, -0.2) is 79.1 Å². The molecule has 2 N–H and O–H groups in total. The summed E-state index contributed by atoms with van der Waals surface area (Å²) in [6.07, 6.45) is 3.47. The van der Waals surface area contributed by atoms with Gasteiger partial charge in [0, 0.05) is 39.1 Å². The molecule has 3 saturated heterocycles. The molecule has 0 aliphatic carbocycles. The molecule has 3 fully saturated rings. The Morgan fingerprint density at radius 3 is 2.69 bits per heavy atom. The molecular weight excluding hydrogens is 336 g/mol. The third kappa shape index (κ3) is 4.28. The highest BCUT2D eigenvalue weighted by Gasteiger charge is 2.42. The molecule has 4 amide bonds. The molecule has 1 spiro atoms. The molecule has 1 unspecified atom stereocenters. The fourth-order valence-electron chi connectivity index (χ4n) is 4.00. The topological polar surface area (TPSA) is 91.0 Å². The third-order valence-corrected chi connectivity index (χ3v) is 5.66. The van der Waals surface area contributed by atoms with Crippen LogP contribution in [0.2, 0.25) is 0 Å². The second kappa shape index (κ2) is 8.24. The Morgan fingerprint density at radius 1 is 1.27 bits per heavy atom. The van der Waals surface area contributed by atoms with Gasteiger partial charge in [0.15, 0.2) is 0 Å². The summed E-state index contributed by atoms with van der Waals surface area (Å²) >= 11 is 0. The number of likely N-dealkylation sites (tertiary alicyclic amines) is 1. The second-order valence-electron chi connectivity index (χ2n) is 7.55. The first-order valence-corrected chi connectivity index (χ1v) is 9.75. The van der Waals surface area contributed by atoms with Crippen molar-refractivity contribution in [2.75, 3.05) is 45.9 Å². The van der Waals surface area contributed by atoms with Gasteiger partial charge < -0.3 is 25.2 Å². The monoisotopic (exact) mass is 366 g/mol. The summed E-state index contributed by atoms with van der Waals surface area (Å²) < 4.78 is 6.06. The van der Waals surface area contributed by atoms with Crippen molar-refractivity contribution in [3.8, 4) is 0 Å². The molecule has 1 atom stereocenters. The minimum absolute atomic E-state index is 0.0222. The van der Waals surface area contributed by atoms with E-state index in [1.807, 2.05) is 16.7 Å². The average Bonchev–Trinajstić information content (AvgIpc) is 2.67. The Kier molecular flexibility index (Phi) is 6.01. The van der Waals surface area contributed by atoms with Crippen molar-refractivity contribution in [3.05, 3.63) is 0 Å². The molecule has 0 radical (unpaired) electrons. The van der Waals surface area contributed by atoms with Gasteiger partial charge in [0.2, 0.25) is 11.8 Å². The van der Waals surface area contributed by atoms with Crippen molar-refractivity contribution in [1.29, 1.82) is 0 Å². The van der Waals surface area contributed by atoms with Gasteiger partial charge in [-0.05, 0) is 25.7 Å². The van der Waals surface area contributed by atoms with E-state index in [1.54, 1.807) is 0 Å². The number of nitrogens with zero attached hydrogens (tertiary/aromatic N) is 2. The van der Waals surface area contributed by atoms with E-state index < -0.39 is 0 Å². The second-order valence-corrected chi connectivity index (χ2v) is 7.55. The number of carbonyl (C=O) groups is 3. The number of morpholine rings is 1. The van der Waals surface area contributed by atoms with Gasteiger partial charge in [-0.15, -0.1) is 0 Å². The van der Waals surface area contributed by atoms with E-state index in [4.69, 9.17) is 4.74 Å². The van der Waals surface area contributed by atoms with Crippen LogP contribution in [0, 0.1) is 5.92 Å². The van der Waals surface area contributed by atoms with Gasteiger partial charge in [0.05, 0.1) is 24.7 Å². The number of piperidine rings is 2. The van der Waals surface area contributed by atoms with Crippen LogP contribution in [0.4, 0.5) is 4.79 Å². The van der Waals surface area contributed by atoms with Gasteiger partial charge in [-0.1, -0.05) is 6.92 Å². The van der Waals surface area contributed by atoms with Gasteiger partial charge in [0.1, 0.15) is 0 Å². The quantitative estimate of drug-likeness (QED) is 0.753. The summed E-state index contributed by atoms with van der Waals surface area (Å²) in [6.45, 7) is 6.20. The first-order valence-electron chi connectivity index (χ1n) is 9.75. The number of nitrogens with one attached hydrogen (secondary N) is 2. The van der Waals surface area contributed by atoms with E-state index in [2.05, 4.69) is 10.6 Å². The number of carbonyl (C=O) groups excluding carboxylic acids is 3. The summed E-state index contributed by atoms with van der Waals surface area (Å²) in [5.74, 6) is 0.0576. The SMILES string of the molecule is CCCNC(=O)N1CCOC2(CCN(C(=O)C3CCC(=O)NC3)CC2)C1. The van der Waals surface area contributed by atoms with E-state index in [9.17, 15) is 14.4 Å². The summed E-state index contributed by atoms with van der Waals surface area (Å²) in [4.78, 5) is 39.9. The van der Waals surface area contributed by atoms with E-state index >= 15 is 0 Å². The van der Waals surface area contributed by atoms with Crippen LogP contribution in [0.25, 0.3) is 0 Å². The van der Waals surface area contributed by atoms with Gasteiger partial charge in [-0.25, -0.2) is 4.79 Å². The molecule has 3 aliphatic heterocycles. The Labute approximate surface area is 154 Å². The van der Waals surface area contributed by atoms with Crippen LogP contribution in [0.3, 0.4) is 0 Å². The molecule has 8 heteroatoms. The van der Waals surface area contributed by atoms with Crippen LogP contribution in [0.5, 0.6) is 0 Å². The predicted molar refractivity (Wildman–Crippen MR) is 95.5 cm³/mol. The van der Waals surface area contributed by atoms with Crippen LogP contribution >= 0.6 is 0 Å². The zero-order valence-electron chi connectivity index (χ0n) is 15.6. The normalized spacial score (nSPS) is 25.7. The third-order valence-electron chi connectivity index (χ3n) is 5.66. The van der Waals surface area contributed by atoms with E-state index in [-0.39, 0.29) is 29.4 Å². The summed E-state index contributed by atoms with van der Waals surface area (Å²) in [5.41, 5.74) is -0.334. The Morgan fingerprint density at radius 2 is 2.04 bits per heavy atom. The molecule has 3 heterocycles. The molecule has 0 saturated carbocycles. The Balaban J connectivity index is 1.51. The lowest BCUT2D eigenvalue weighted by Crippen LogP contribution is -2.60. The van der Waals surface area contributed by atoms with Crippen molar-refractivity contribution < 1.29 is 19.1 Å². The maximum Gasteiger partial charge on any atom is 0.317 e. The number of amides is 4. The molecule has 0 aromatic heterocycles. The van der Waals surface area contributed by atoms with Gasteiger partial charge in [-0.3, -0.25) is 9.59 Å². The number of hydrogen-bond donors (Lipinski definition) is 2. The van der Waals surface area contributed by atoms with Crippen LogP contribution < -0.4 is 10.6 Å². The molecule has 8 nitrogen and oxygen atoms in total. The summed E-state index contributed by atoms with van der Waals surface area (Å²) in [6, 6.07) is -0.0222. The van der Waals surface area contributed by atoms with Crippen molar-refractivity contribution in [2.45, 2.75) is 44.6 Å². The van der Waals surface area contributed by atoms with Gasteiger partial charge >= 0.3 is 6.03 Å². The highest BCUT2D eigenvalue weighted by atomic mass is 16.5. The van der Waals surface area contributed by atoms with Crippen molar-refractivity contribution >= 4 is 17.8 Å². The number of rotatable bonds is 3. The standard InChI is InChI=1S/C18H30N4O4/c1-2-7-19-17(25)22-10-11-26-18(13-22)5-8-21(9-6-18)16(24)14-3-4-15(23)20-12-14/h14H,2-13H2,1H3,(H,19,25)(H,20,23). The maximum atomic E-state index is 12.7. The van der Waals surface area contributed by atoms with Gasteiger partial charge in [-0.2, -0.15) is 0 Å². The van der Waals surface area contributed by atoms with Crippen molar-refractivity contribution in [1.82, 2.24) is 20.4 Å². The first-order chi connectivity index (χ1) is 12.5. The predicted octanol–water partition coefficient (Wildman–Crippen LogP) is 0.326. The van der Waals surface area contributed by atoms with Crippen LogP contribution in [0.1, 0.15) is 39.0 Å². The van der Waals surface area contributed by atoms with Crippen molar-refractivity contribution in [3.63, 3.8) is 0 Å². The van der Waals surface area contributed by atoms with E-state index in [0.717, 1.165) is 19.3 Å². The van der Waals surface area contributed by atoms with Gasteiger partial charge in [0.25, 0.3) is 0 Å². The number of ether oxygens (including phenoxy) is 1. The van der Waals surface area contributed by atoms with Crippen molar-refractivity contribution in [2.24, 2.45) is 5.92 Å². The zero-order valence-corrected chi connectivity index (χ0v) is 15.6. The van der Waals surface area contributed by atoms with E-state index in [1.165, 1.54) is 0 Å². The Hall–Kier alpha value is -1.83. The molecule has 0 aromatic carbocycles. The fourth-order valence-corrected chi connectivity index (χ4v) is 4.00. The van der Waals surface area contributed by atoms with E-state index in [0.29, 0.717) is 58.7 Å². The largest absolute Gasteiger partial charge is 0.371 e. The Bertz CT molecular complexity index is 535. The summed E-state index contributed by atoms with van der Waals surface area (Å²) in [7, 11) is 0. The zero-order chi connectivity index (χ0) is 18.6. The molecular formula is C18H30N4O4. The average molecular weight is 366 g/mol. The first kappa shape index (κ1) is 18.9. The highest BCUT2D eigenvalue weighted by Crippen LogP contribution is 2.31. The number of urea groups is 1. The lowest BCUT2D eigenvalue weighted by atomic mass is 9.88. The molecule has 0 bridgehead atoms. The maximum absolute atomic E-state index is 12.7. The molecule has 26 heavy (non-hydrogen) atoms. The lowest BCUT2D eigenvalue weighted by molar-refractivity contribution is -0.150. The molecule has 146 valence electrons. The molecule has 0 aromatic rings. The molecule has 3 rings (SSSR count). The minimum atomic E-state index is -0.334. The smallest absolute Gasteiger partial charge is 0.317 e. The molecule has 3 aliphatic rings. The summed E-state index contributed by atoms with van der Waals surface area (Å²) in [5, 5.41) is 5.71. The highest BCUT2D eigenvalue weighted by molar-refractivity contribution is 5.83. The lowest BCUT2D eigenvalue weighted by Gasteiger charge is -2.47. The van der Waals surface area contributed by atoms with Crippen LogP contribution in [-0.2, 0) is 14.3 Å². The minimum Gasteiger partial charge on any atom is -0.371 e.